The molecule has 5 aromatic carbocycles. The SMILES string of the molecule is O=C(C(c1ccccc1)=P(c1ccccc1)(c1ccccc1)c1ccccc1)c1ccc(Br)cc1. The molecule has 0 heterocycles. The number of ketones is 1. The monoisotopic (exact) mass is 534 g/mol. The lowest BCUT2D eigenvalue weighted by Crippen LogP contribution is -2.34. The average Bonchev–Trinajstić information content (AvgIpc) is 2.94. The standard InChI is InChI=1S/C32H24BrOP/c33-27-23-21-25(22-24-27)31(34)32(26-13-5-1-6-14-26)35(28-15-7-2-8-16-28,29-17-9-3-10-18-29)30-19-11-4-12-20-30/h1-24H. The van der Waals surface area contributed by atoms with E-state index in [0.717, 1.165) is 31.2 Å². The summed E-state index contributed by atoms with van der Waals surface area (Å²) in [6.45, 7) is -2.56. The maximum atomic E-state index is 14.6. The van der Waals surface area contributed by atoms with Crippen LogP contribution in [0, 0.1) is 0 Å². The maximum absolute atomic E-state index is 14.6. The second-order valence-electron chi connectivity index (χ2n) is 8.23. The highest BCUT2D eigenvalue weighted by atomic mass is 79.9. The van der Waals surface area contributed by atoms with E-state index in [2.05, 4.69) is 101 Å². The molecule has 3 heteroatoms. The minimum absolute atomic E-state index is 0.0496. The molecular weight excluding hydrogens is 511 g/mol. The molecule has 0 aliphatic carbocycles. The fourth-order valence-electron chi connectivity index (χ4n) is 4.60. The highest BCUT2D eigenvalue weighted by Crippen LogP contribution is 2.48. The van der Waals surface area contributed by atoms with E-state index in [1.807, 2.05) is 60.7 Å². The first-order chi connectivity index (χ1) is 17.2. The van der Waals surface area contributed by atoms with Gasteiger partial charge in [-0.25, -0.2) is 0 Å². The number of hydrogen-bond donors (Lipinski definition) is 0. The summed E-state index contributed by atoms with van der Waals surface area (Å²) in [5.41, 5.74) is 1.63. The highest BCUT2D eigenvalue weighted by molar-refractivity contribution is 9.10. The van der Waals surface area contributed by atoms with Crippen LogP contribution >= 0.6 is 22.8 Å². The summed E-state index contributed by atoms with van der Waals surface area (Å²) in [5, 5.41) is 4.30. The van der Waals surface area contributed by atoms with E-state index in [1.54, 1.807) is 0 Å². The van der Waals surface area contributed by atoms with Gasteiger partial charge in [0.15, 0.2) is 5.78 Å². The van der Waals surface area contributed by atoms with E-state index in [-0.39, 0.29) is 5.78 Å². The molecule has 0 spiro atoms. The molecule has 0 saturated carbocycles. The van der Waals surface area contributed by atoms with E-state index in [4.69, 9.17) is 0 Å². The Labute approximate surface area is 215 Å². The van der Waals surface area contributed by atoms with Crippen molar-refractivity contribution in [1.82, 2.24) is 0 Å². The van der Waals surface area contributed by atoms with Crippen molar-refractivity contribution in [1.29, 1.82) is 0 Å². The van der Waals surface area contributed by atoms with E-state index >= 15 is 0 Å². The molecule has 0 radical (unpaired) electrons. The maximum Gasteiger partial charge on any atom is 0.194 e. The largest absolute Gasteiger partial charge is 0.289 e. The Balaban J connectivity index is 2.04. The molecule has 0 bridgehead atoms. The number of benzene rings is 5. The summed E-state index contributed by atoms with van der Waals surface area (Å²) in [6.07, 6.45) is 0. The summed E-state index contributed by atoms with van der Waals surface area (Å²) in [5.74, 6) is 0.0496. The van der Waals surface area contributed by atoms with Crippen molar-refractivity contribution in [2.75, 3.05) is 0 Å². The average molecular weight is 535 g/mol. The first-order valence-electron chi connectivity index (χ1n) is 11.5. The van der Waals surface area contributed by atoms with E-state index < -0.39 is 6.89 Å². The summed E-state index contributed by atoms with van der Waals surface area (Å²) >= 11 is 3.52. The molecule has 5 aromatic rings. The Kier molecular flexibility index (Phi) is 6.95. The molecule has 170 valence electrons. The fourth-order valence-corrected chi connectivity index (χ4v) is 9.36. The predicted molar refractivity (Wildman–Crippen MR) is 154 cm³/mol. The van der Waals surface area contributed by atoms with Crippen LogP contribution < -0.4 is 15.9 Å². The molecule has 0 fully saturated rings. The number of halogens is 1. The molecule has 1 nitrogen and oxygen atoms in total. The zero-order chi connectivity index (χ0) is 24.1. The third-order valence-electron chi connectivity index (χ3n) is 6.13. The topological polar surface area (TPSA) is 17.1 Å². The van der Waals surface area contributed by atoms with Crippen molar-refractivity contribution in [3.63, 3.8) is 0 Å². The minimum atomic E-state index is -2.56. The van der Waals surface area contributed by atoms with Gasteiger partial charge in [-0.1, -0.05) is 137 Å². The number of carbonyl (C=O) groups excluding carboxylic acids is 1. The van der Waals surface area contributed by atoms with Gasteiger partial charge in [0.05, 0.1) is 0 Å². The van der Waals surface area contributed by atoms with Gasteiger partial charge in [-0.3, -0.25) is 4.79 Å². The van der Waals surface area contributed by atoms with Gasteiger partial charge in [0.1, 0.15) is 0 Å². The van der Waals surface area contributed by atoms with Gasteiger partial charge in [0.2, 0.25) is 0 Å². The summed E-state index contributed by atoms with van der Waals surface area (Å²) < 4.78 is 0.950. The molecule has 0 aromatic heterocycles. The molecule has 0 saturated heterocycles. The number of rotatable bonds is 6. The van der Waals surface area contributed by atoms with E-state index in [9.17, 15) is 4.79 Å². The van der Waals surface area contributed by atoms with Crippen molar-refractivity contribution in [2.45, 2.75) is 0 Å². The van der Waals surface area contributed by atoms with Gasteiger partial charge < -0.3 is 0 Å². The predicted octanol–water partition coefficient (Wildman–Crippen LogP) is 6.85. The first kappa shape index (κ1) is 23.3. The van der Waals surface area contributed by atoms with Gasteiger partial charge in [0.25, 0.3) is 0 Å². The molecule has 0 unspecified atom stereocenters. The van der Waals surface area contributed by atoms with Crippen molar-refractivity contribution in [3.05, 3.63) is 161 Å². The van der Waals surface area contributed by atoms with Crippen LogP contribution in [-0.4, -0.2) is 11.1 Å². The molecule has 0 atom stereocenters. The van der Waals surface area contributed by atoms with E-state index in [0.29, 0.717) is 5.56 Å². The van der Waals surface area contributed by atoms with Crippen LogP contribution in [0.2, 0.25) is 0 Å². The Morgan fingerprint density at radius 1 is 0.457 bits per heavy atom. The molecule has 35 heavy (non-hydrogen) atoms. The normalized spacial score (nSPS) is 11.1. The molecule has 0 aliphatic heterocycles. The minimum Gasteiger partial charge on any atom is -0.289 e. The molecule has 0 amide bonds. The van der Waals surface area contributed by atoms with Crippen LogP contribution in [0.25, 0.3) is 0 Å². The second-order valence-corrected chi connectivity index (χ2v) is 12.5. The van der Waals surface area contributed by atoms with Crippen molar-refractivity contribution in [3.8, 4) is 0 Å². The van der Waals surface area contributed by atoms with Crippen LogP contribution in [0.5, 0.6) is 0 Å². The number of hydrogen-bond acceptors (Lipinski definition) is 1. The molecular formula is C32H24BrOP. The van der Waals surface area contributed by atoms with Gasteiger partial charge >= 0.3 is 0 Å². The van der Waals surface area contributed by atoms with Gasteiger partial charge in [-0.15, -0.1) is 0 Å². The summed E-state index contributed by atoms with van der Waals surface area (Å²) in [7, 11) is 0. The quantitative estimate of drug-likeness (QED) is 0.172. The Morgan fingerprint density at radius 2 is 0.829 bits per heavy atom. The third-order valence-corrected chi connectivity index (χ3v) is 11.0. The lowest BCUT2D eigenvalue weighted by Gasteiger charge is -2.32. The van der Waals surface area contributed by atoms with Crippen LogP contribution in [0.4, 0.5) is 0 Å². The van der Waals surface area contributed by atoms with Gasteiger partial charge in [0, 0.05) is 15.3 Å². The Hall–Kier alpha value is -3.45. The van der Waals surface area contributed by atoms with Crippen LogP contribution in [-0.2, 0) is 0 Å². The highest BCUT2D eigenvalue weighted by Gasteiger charge is 2.34. The summed E-state index contributed by atoms with van der Waals surface area (Å²) in [6, 6.07) is 49.4. The first-order valence-corrected chi connectivity index (χ1v) is 14.1. The van der Waals surface area contributed by atoms with Crippen LogP contribution in [0.1, 0.15) is 15.9 Å². The molecule has 0 N–H and O–H groups in total. The number of carbonyl (C=O) groups is 1. The fraction of sp³-hybridized carbons (Fsp3) is 0. The Morgan fingerprint density at radius 3 is 1.23 bits per heavy atom. The zero-order valence-corrected chi connectivity index (χ0v) is 21.6. The van der Waals surface area contributed by atoms with Crippen LogP contribution in [0.3, 0.4) is 0 Å². The van der Waals surface area contributed by atoms with E-state index in [1.165, 1.54) is 0 Å². The van der Waals surface area contributed by atoms with Gasteiger partial charge in [-0.05, 0) is 52.6 Å². The van der Waals surface area contributed by atoms with Crippen molar-refractivity contribution < 1.29 is 4.79 Å². The lowest BCUT2D eigenvalue weighted by molar-refractivity contribution is 0.106. The summed E-state index contributed by atoms with van der Waals surface area (Å²) in [4.78, 5) is 14.6. The van der Waals surface area contributed by atoms with Crippen molar-refractivity contribution in [2.24, 2.45) is 0 Å². The van der Waals surface area contributed by atoms with Crippen LogP contribution in [0.15, 0.2) is 150 Å². The second kappa shape index (κ2) is 10.4. The zero-order valence-electron chi connectivity index (χ0n) is 19.1. The third kappa shape index (κ3) is 4.48. The smallest absolute Gasteiger partial charge is 0.194 e. The molecule has 0 aliphatic rings. The lowest BCUT2D eigenvalue weighted by atomic mass is 10.0. The Bertz CT molecular complexity index is 1370. The van der Waals surface area contributed by atoms with Gasteiger partial charge in [-0.2, -0.15) is 0 Å². The number of Topliss-reactive ketones (excluding diaryl/α,β-unsaturated/α-hetero) is 1. The molecule has 5 rings (SSSR count). The van der Waals surface area contributed by atoms with Crippen molar-refractivity contribution >= 4 is 49.8 Å².